The molecule has 0 radical (unpaired) electrons. The van der Waals surface area contributed by atoms with Gasteiger partial charge in [0.25, 0.3) is 5.69 Å². The molecule has 5 nitrogen and oxygen atoms in total. The summed E-state index contributed by atoms with van der Waals surface area (Å²) >= 11 is 0. The molecule has 0 aromatic heterocycles. The fraction of sp³-hybridized carbons (Fsp3) is 0.200. The highest BCUT2D eigenvalue weighted by molar-refractivity contribution is 5.59. The molecule has 104 valence electrons. The minimum absolute atomic E-state index is 0.0565. The van der Waals surface area contributed by atoms with Crippen molar-refractivity contribution < 1.29 is 9.66 Å². The molecule has 0 aliphatic carbocycles. The Morgan fingerprint density at radius 1 is 1.10 bits per heavy atom. The summed E-state index contributed by atoms with van der Waals surface area (Å²) in [6, 6.07) is 14.7. The number of nitro benzene ring substituents is 1. The first-order valence-electron chi connectivity index (χ1n) is 6.31. The molecular weight excluding hydrogens is 256 g/mol. The summed E-state index contributed by atoms with van der Waals surface area (Å²) in [6.07, 6.45) is 0.676. The van der Waals surface area contributed by atoms with Gasteiger partial charge in [-0.25, -0.2) is 0 Å². The predicted molar refractivity (Wildman–Crippen MR) is 77.3 cm³/mol. The summed E-state index contributed by atoms with van der Waals surface area (Å²) in [7, 11) is 0. The van der Waals surface area contributed by atoms with E-state index in [1.807, 2.05) is 30.3 Å². The van der Waals surface area contributed by atoms with E-state index in [1.54, 1.807) is 12.1 Å². The molecule has 2 rings (SSSR count). The maximum Gasteiger partial charge on any atom is 0.292 e. The largest absolute Gasteiger partial charge is 0.393 e. The van der Waals surface area contributed by atoms with Crippen LogP contribution < -0.4 is 5.73 Å². The third-order valence-electron chi connectivity index (χ3n) is 2.94. The SMILES string of the molecule is Nc1cc(CCOCc2ccccc2)ccc1[N+](=O)[O-]. The average molecular weight is 272 g/mol. The molecule has 2 aromatic carbocycles. The standard InChI is InChI=1S/C15H16N2O3/c16-14-10-12(6-7-15(14)17(18)19)8-9-20-11-13-4-2-1-3-5-13/h1-7,10H,8-9,11,16H2. The summed E-state index contributed by atoms with van der Waals surface area (Å²) in [5, 5.41) is 10.7. The van der Waals surface area contributed by atoms with Crippen LogP contribution in [0.4, 0.5) is 11.4 Å². The van der Waals surface area contributed by atoms with E-state index in [0.717, 1.165) is 11.1 Å². The number of rotatable bonds is 6. The van der Waals surface area contributed by atoms with Crippen molar-refractivity contribution in [2.75, 3.05) is 12.3 Å². The van der Waals surface area contributed by atoms with Crippen LogP contribution >= 0.6 is 0 Å². The van der Waals surface area contributed by atoms with Gasteiger partial charge in [-0.1, -0.05) is 36.4 Å². The lowest BCUT2D eigenvalue weighted by molar-refractivity contribution is -0.383. The minimum atomic E-state index is -0.481. The number of ether oxygens (including phenoxy) is 1. The maximum absolute atomic E-state index is 10.7. The molecule has 2 N–H and O–H groups in total. The van der Waals surface area contributed by atoms with Crippen LogP contribution in [0, 0.1) is 10.1 Å². The van der Waals surface area contributed by atoms with Crippen molar-refractivity contribution >= 4 is 11.4 Å². The average Bonchev–Trinajstić information content (AvgIpc) is 2.44. The van der Waals surface area contributed by atoms with Crippen LogP contribution in [0.3, 0.4) is 0 Å². The van der Waals surface area contributed by atoms with E-state index in [0.29, 0.717) is 19.6 Å². The molecule has 0 saturated heterocycles. The molecule has 0 saturated carbocycles. The van der Waals surface area contributed by atoms with Gasteiger partial charge < -0.3 is 10.5 Å². The Kier molecular flexibility index (Phi) is 4.68. The molecule has 0 unspecified atom stereocenters. The van der Waals surface area contributed by atoms with Crippen LogP contribution in [-0.4, -0.2) is 11.5 Å². The number of anilines is 1. The smallest absolute Gasteiger partial charge is 0.292 e. The number of nitrogen functional groups attached to an aromatic ring is 1. The fourth-order valence-corrected chi connectivity index (χ4v) is 1.88. The molecule has 0 aliphatic heterocycles. The van der Waals surface area contributed by atoms with Crippen molar-refractivity contribution in [2.24, 2.45) is 0 Å². The molecule has 5 heteroatoms. The highest BCUT2D eigenvalue weighted by atomic mass is 16.6. The van der Waals surface area contributed by atoms with Gasteiger partial charge in [0.05, 0.1) is 18.1 Å². The van der Waals surface area contributed by atoms with Crippen LogP contribution in [-0.2, 0) is 17.8 Å². The quantitative estimate of drug-likeness (QED) is 0.379. The third kappa shape index (κ3) is 3.80. The Hall–Kier alpha value is -2.40. The maximum atomic E-state index is 10.7. The van der Waals surface area contributed by atoms with Gasteiger partial charge in [0, 0.05) is 6.07 Å². The Bertz CT molecular complexity index is 585. The van der Waals surface area contributed by atoms with Crippen LogP contribution in [0.25, 0.3) is 0 Å². The minimum Gasteiger partial charge on any atom is -0.393 e. The van der Waals surface area contributed by atoms with Crippen molar-refractivity contribution in [1.82, 2.24) is 0 Å². The molecule has 0 bridgehead atoms. The Balaban J connectivity index is 1.83. The Morgan fingerprint density at radius 2 is 1.85 bits per heavy atom. The van der Waals surface area contributed by atoms with E-state index in [9.17, 15) is 10.1 Å². The Labute approximate surface area is 117 Å². The summed E-state index contributed by atoms with van der Waals surface area (Å²) in [6.45, 7) is 1.11. The number of nitrogens with zero attached hydrogens (tertiary/aromatic N) is 1. The third-order valence-corrected chi connectivity index (χ3v) is 2.94. The molecule has 20 heavy (non-hydrogen) atoms. The first kappa shape index (κ1) is 14.0. The van der Waals surface area contributed by atoms with Crippen LogP contribution in [0.2, 0.25) is 0 Å². The van der Waals surface area contributed by atoms with Crippen molar-refractivity contribution in [2.45, 2.75) is 13.0 Å². The zero-order chi connectivity index (χ0) is 14.4. The second-order valence-electron chi connectivity index (χ2n) is 4.44. The van der Waals surface area contributed by atoms with Gasteiger partial charge >= 0.3 is 0 Å². The highest BCUT2D eigenvalue weighted by Crippen LogP contribution is 2.22. The molecular formula is C15H16N2O3. The monoisotopic (exact) mass is 272 g/mol. The van der Waals surface area contributed by atoms with Gasteiger partial charge in [-0.3, -0.25) is 10.1 Å². The molecule has 0 atom stereocenters. The van der Waals surface area contributed by atoms with Gasteiger partial charge in [0.2, 0.25) is 0 Å². The lowest BCUT2D eigenvalue weighted by Gasteiger charge is -2.05. The number of nitrogens with two attached hydrogens (primary N) is 1. The molecule has 0 amide bonds. The van der Waals surface area contributed by atoms with Crippen LogP contribution in [0.1, 0.15) is 11.1 Å². The van der Waals surface area contributed by atoms with Gasteiger partial charge in [-0.2, -0.15) is 0 Å². The number of hydrogen-bond donors (Lipinski definition) is 1. The van der Waals surface area contributed by atoms with E-state index >= 15 is 0 Å². The lowest BCUT2D eigenvalue weighted by atomic mass is 10.1. The summed E-state index contributed by atoms with van der Waals surface area (Å²) in [5.41, 5.74) is 7.82. The zero-order valence-corrected chi connectivity index (χ0v) is 11.0. The predicted octanol–water partition coefficient (Wildman–Crippen LogP) is 2.94. The Morgan fingerprint density at radius 3 is 2.50 bits per heavy atom. The molecule has 0 spiro atoms. The van der Waals surface area contributed by atoms with E-state index in [2.05, 4.69) is 0 Å². The lowest BCUT2D eigenvalue weighted by Crippen LogP contribution is -2.01. The van der Waals surface area contributed by atoms with Gasteiger partial charge in [0.15, 0.2) is 0 Å². The van der Waals surface area contributed by atoms with Crippen LogP contribution in [0.15, 0.2) is 48.5 Å². The van der Waals surface area contributed by atoms with E-state index in [4.69, 9.17) is 10.5 Å². The summed E-state index contributed by atoms with van der Waals surface area (Å²) in [5.74, 6) is 0. The van der Waals surface area contributed by atoms with Crippen molar-refractivity contribution in [3.05, 3.63) is 69.8 Å². The first-order valence-corrected chi connectivity index (χ1v) is 6.31. The molecule has 0 aliphatic rings. The fourth-order valence-electron chi connectivity index (χ4n) is 1.88. The highest BCUT2D eigenvalue weighted by Gasteiger charge is 2.10. The summed E-state index contributed by atoms with van der Waals surface area (Å²) in [4.78, 5) is 10.2. The topological polar surface area (TPSA) is 78.4 Å². The molecule has 0 fully saturated rings. The number of benzene rings is 2. The van der Waals surface area contributed by atoms with E-state index < -0.39 is 4.92 Å². The zero-order valence-electron chi connectivity index (χ0n) is 11.0. The molecule has 0 heterocycles. The van der Waals surface area contributed by atoms with E-state index in [1.165, 1.54) is 6.07 Å². The second kappa shape index (κ2) is 6.68. The normalized spacial score (nSPS) is 10.4. The first-order chi connectivity index (χ1) is 9.66. The van der Waals surface area contributed by atoms with Crippen molar-refractivity contribution in [1.29, 1.82) is 0 Å². The van der Waals surface area contributed by atoms with Crippen molar-refractivity contribution in [3.63, 3.8) is 0 Å². The number of nitro groups is 1. The van der Waals surface area contributed by atoms with E-state index in [-0.39, 0.29) is 11.4 Å². The van der Waals surface area contributed by atoms with Gasteiger partial charge in [-0.05, 0) is 23.6 Å². The molecule has 2 aromatic rings. The van der Waals surface area contributed by atoms with Gasteiger partial charge in [0.1, 0.15) is 5.69 Å². The van der Waals surface area contributed by atoms with Gasteiger partial charge in [-0.15, -0.1) is 0 Å². The van der Waals surface area contributed by atoms with Crippen molar-refractivity contribution in [3.8, 4) is 0 Å². The second-order valence-corrected chi connectivity index (χ2v) is 4.44. The van der Waals surface area contributed by atoms with Crippen LogP contribution in [0.5, 0.6) is 0 Å². The summed E-state index contributed by atoms with van der Waals surface area (Å²) < 4.78 is 5.57. The number of hydrogen-bond acceptors (Lipinski definition) is 4.